The number of nitrogens with one attached hydrogen (secondary N) is 1. The van der Waals surface area contributed by atoms with Crippen molar-refractivity contribution in [3.8, 4) is 5.75 Å². The molecule has 0 bridgehead atoms. The van der Waals surface area contributed by atoms with Crippen LogP contribution in [-0.2, 0) is 9.59 Å². The van der Waals surface area contributed by atoms with Gasteiger partial charge in [-0.2, -0.15) is 0 Å². The number of amides is 2. The summed E-state index contributed by atoms with van der Waals surface area (Å²) in [5.74, 6) is 0.789. The molecule has 0 unspecified atom stereocenters. The van der Waals surface area contributed by atoms with Gasteiger partial charge in [-0.25, -0.2) is 0 Å². The third kappa shape index (κ3) is 2.86. The number of carbonyl (C=O) groups excluding carboxylic acids is 2. The number of ether oxygens (including phenoxy) is 1. The van der Waals surface area contributed by atoms with Crippen LogP contribution >= 0.6 is 0 Å². The average Bonchev–Trinajstić information content (AvgIpc) is 2.52. The Kier molecular flexibility index (Phi) is 3.82. The van der Waals surface area contributed by atoms with Gasteiger partial charge in [-0.15, -0.1) is 0 Å². The van der Waals surface area contributed by atoms with Crippen molar-refractivity contribution in [1.82, 2.24) is 0 Å². The molecule has 21 heavy (non-hydrogen) atoms. The van der Waals surface area contributed by atoms with Crippen LogP contribution in [0, 0.1) is 5.92 Å². The smallest absolute Gasteiger partial charge is 0.264 e. The number of fused-ring (bicyclic) bond motifs is 1. The largest absolute Gasteiger partial charge is 0.482 e. The molecule has 5 nitrogen and oxygen atoms in total. The summed E-state index contributed by atoms with van der Waals surface area (Å²) in [6.45, 7) is 0.0667. The molecule has 5 heteroatoms. The molecule has 0 radical (unpaired) electrons. The van der Waals surface area contributed by atoms with Gasteiger partial charge in [-0.05, 0) is 31.0 Å². The van der Waals surface area contributed by atoms with Gasteiger partial charge in [0.05, 0.1) is 5.69 Å². The van der Waals surface area contributed by atoms with Gasteiger partial charge in [-0.3, -0.25) is 9.59 Å². The minimum atomic E-state index is -0.0849. The van der Waals surface area contributed by atoms with E-state index in [1.54, 1.807) is 24.1 Å². The fraction of sp³-hybridized carbons (Fsp3) is 0.500. The SMILES string of the molecule is CN1C(=O)COc2ccc(NC(=O)C3CCCCC3)cc21. The highest BCUT2D eigenvalue weighted by Crippen LogP contribution is 2.34. The Balaban J connectivity index is 1.74. The lowest BCUT2D eigenvalue weighted by Crippen LogP contribution is -2.35. The van der Waals surface area contributed by atoms with Gasteiger partial charge in [-0.1, -0.05) is 19.3 Å². The zero-order valence-electron chi connectivity index (χ0n) is 12.2. The molecule has 1 N–H and O–H groups in total. The van der Waals surface area contributed by atoms with Crippen molar-refractivity contribution in [2.75, 3.05) is 23.9 Å². The summed E-state index contributed by atoms with van der Waals surface area (Å²) in [5.41, 5.74) is 1.42. The number of carbonyl (C=O) groups is 2. The van der Waals surface area contributed by atoms with Gasteiger partial charge < -0.3 is 15.0 Å². The van der Waals surface area contributed by atoms with Crippen molar-refractivity contribution in [2.45, 2.75) is 32.1 Å². The Bertz CT molecular complexity index is 565. The number of benzene rings is 1. The second-order valence-electron chi connectivity index (χ2n) is 5.75. The van der Waals surface area contributed by atoms with Gasteiger partial charge in [0, 0.05) is 18.7 Å². The van der Waals surface area contributed by atoms with E-state index in [9.17, 15) is 9.59 Å². The van der Waals surface area contributed by atoms with Crippen LogP contribution in [0.15, 0.2) is 18.2 Å². The van der Waals surface area contributed by atoms with Crippen molar-refractivity contribution >= 4 is 23.2 Å². The Hall–Kier alpha value is -2.04. The monoisotopic (exact) mass is 288 g/mol. The Morgan fingerprint density at radius 1 is 1.29 bits per heavy atom. The summed E-state index contributed by atoms with van der Waals surface area (Å²) in [6.07, 6.45) is 5.43. The van der Waals surface area contributed by atoms with Crippen LogP contribution in [0.1, 0.15) is 32.1 Å². The zero-order chi connectivity index (χ0) is 14.8. The summed E-state index contributed by atoms with van der Waals surface area (Å²) in [7, 11) is 1.72. The minimum Gasteiger partial charge on any atom is -0.482 e. The molecule has 1 aliphatic carbocycles. The Morgan fingerprint density at radius 3 is 2.81 bits per heavy atom. The molecule has 0 aromatic heterocycles. The number of hydrogen-bond donors (Lipinski definition) is 1. The van der Waals surface area contributed by atoms with Crippen molar-refractivity contribution < 1.29 is 14.3 Å². The highest BCUT2D eigenvalue weighted by atomic mass is 16.5. The summed E-state index contributed by atoms with van der Waals surface area (Å²) < 4.78 is 5.38. The Morgan fingerprint density at radius 2 is 2.05 bits per heavy atom. The predicted octanol–water partition coefficient (Wildman–Crippen LogP) is 2.56. The topological polar surface area (TPSA) is 58.6 Å². The molecule has 1 heterocycles. The Labute approximate surface area is 124 Å². The second kappa shape index (κ2) is 5.76. The van der Waals surface area contributed by atoms with Gasteiger partial charge in [0.25, 0.3) is 5.91 Å². The van der Waals surface area contributed by atoms with E-state index in [0.717, 1.165) is 31.4 Å². The zero-order valence-corrected chi connectivity index (χ0v) is 12.2. The van der Waals surface area contributed by atoms with Gasteiger partial charge in [0.1, 0.15) is 5.75 Å². The lowest BCUT2D eigenvalue weighted by molar-refractivity contribution is -0.121. The molecule has 0 saturated heterocycles. The number of hydrogen-bond acceptors (Lipinski definition) is 3. The molecule has 1 aliphatic heterocycles. The van der Waals surface area contributed by atoms with Crippen LogP contribution in [0.3, 0.4) is 0 Å². The summed E-state index contributed by atoms with van der Waals surface area (Å²) in [5, 5.41) is 2.96. The molecular formula is C16H20N2O3. The summed E-state index contributed by atoms with van der Waals surface area (Å²) in [4.78, 5) is 25.5. The molecule has 2 aliphatic rings. The quantitative estimate of drug-likeness (QED) is 0.910. The highest BCUT2D eigenvalue weighted by molar-refractivity contribution is 5.99. The lowest BCUT2D eigenvalue weighted by atomic mass is 9.88. The predicted molar refractivity (Wildman–Crippen MR) is 80.6 cm³/mol. The molecule has 0 atom stereocenters. The van der Waals surface area contributed by atoms with E-state index in [-0.39, 0.29) is 24.3 Å². The molecule has 112 valence electrons. The lowest BCUT2D eigenvalue weighted by Gasteiger charge is -2.26. The van der Waals surface area contributed by atoms with Crippen LogP contribution in [0.4, 0.5) is 11.4 Å². The van der Waals surface area contributed by atoms with Crippen molar-refractivity contribution in [1.29, 1.82) is 0 Å². The van der Waals surface area contributed by atoms with Crippen LogP contribution in [0.2, 0.25) is 0 Å². The number of rotatable bonds is 2. The first kappa shape index (κ1) is 13.9. The van der Waals surface area contributed by atoms with Gasteiger partial charge in [0.15, 0.2) is 6.61 Å². The maximum atomic E-state index is 12.3. The van der Waals surface area contributed by atoms with Crippen molar-refractivity contribution in [2.24, 2.45) is 5.92 Å². The van der Waals surface area contributed by atoms with E-state index in [1.165, 1.54) is 6.42 Å². The maximum absolute atomic E-state index is 12.3. The van der Waals surface area contributed by atoms with E-state index in [0.29, 0.717) is 11.4 Å². The maximum Gasteiger partial charge on any atom is 0.264 e. The standard InChI is InChI=1S/C16H20N2O3/c1-18-13-9-12(7-8-14(13)21-10-15(18)19)17-16(20)11-5-3-2-4-6-11/h7-9,11H,2-6,10H2,1H3,(H,17,20). The number of likely N-dealkylation sites (N-methyl/N-ethyl adjacent to an activating group) is 1. The second-order valence-corrected chi connectivity index (χ2v) is 5.75. The van der Waals surface area contributed by atoms with Crippen LogP contribution < -0.4 is 15.0 Å². The molecule has 1 aromatic carbocycles. The molecule has 1 aromatic rings. The molecule has 1 fully saturated rings. The van der Waals surface area contributed by atoms with Gasteiger partial charge in [0.2, 0.25) is 5.91 Å². The van der Waals surface area contributed by atoms with E-state index in [2.05, 4.69) is 5.32 Å². The molecule has 1 saturated carbocycles. The molecular weight excluding hydrogens is 268 g/mol. The van der Waals surface area contributed by atoms with Crippen LogP contribution in [0.5, 0.6) is 5.75 Å². The van der Waals surface area contributed by atoms with E-state index in [1.807, 2.05) is 6.07 Å². The molecule has 2 amide bonds. The highest BCUT2D eigenvalue weighted by Gasteiger charge is 2.24. The first-order valence-electron chi connectivity index (χ1n) is 7.49. The first-order chi connectivity index (χ1) is 10.1. The van der Waals surface area contributed by atoms with E-state index >= 15 is 0 Å². The number of nitrogens with zero attached hydrogens (tertiary/aromatic N) is 1. The normalized spacial score (nSPS) is 18.9. The number of anilines is 2. The summed E-state index contributed by atoms with van der Waals surface area (Å²) >= 11 is 0. The van der Waals surface area contributed by atoms with Crippen molar-refractivity contribution in [3.63, 3.8) is 0 Å². The molecule has 0 spiro atoms. The first-order valence-corrected chi connectivity index (χ1v) is 7.49. The molecule has 3 rings (SSSR count). The third-order valence-corrected chi connectivity index (χ3v) is 4.29. The minimum absolute atomic E-state index is 0.0667. The van der Waals surface area contributed by atoms with E-state index < -0.39 is 0 Å². The average molecular weight is 288 g/mol. The van der Waals surface area contributed by atoms with Crippen LogP contribution in [0.25, 0.3) is 0 Å². The van der Waals surface area contributed by atoms with Crippen molar-refractivity contribution in [3.05, 3.63) is 18.2 Å². The fourth-order valence-electron chi connectivity index (χ4n) is 2.96. The summed E-state index contributed by atoms with van der Waals surface area (Å²) in [6, 6.07) is 5.42. The van der Waals surface area contributed by atoms with Crippen LogP contribution in [-0.4, -0.2) is 25.5 Å². The fourth-order valence-corrected chi connectivity index (χ4v) is 2.96. The van der Waals surface area contributed by atoms with E-state index in [4.69, 9.17) is 4.74 Å². The third-order valence-electron chi connectivity index (χ3n) is 4.29. The van der Waals surface area contributed by atoms with Gasteiger partial charge >= 0.3 is 0 Å².